The van der Waals surface area contributed by atoms with Crippen LogP contribution in [0.2, 0.25) is 0 Å². The van der Waals surface area contributed by atoms with E-state index in [-0.39, 0.29) is 0 Å². The summed E-state index contributed by atoms with van der Waals surface area (Å²) in [6, 6.07) is 6.64. The van der Waals surface area contributed by atoms with Crippen LogP contribution in [0.25, 0.3) is 0 Å². The lowest BCUT2D eigenvalue weighted by Gasteiger charge is -2.17. The molecule has 0 bridgehead atoms. The van der Waals surface area contributed by atoms with Crippen molar-refractivity contribution in [2.75, 3.05) is 6.54 Å². The van der Waals surface area contributed by atoms with Gasteiger partial charge in [0.2, 0.25) is 0 Å². The molecular weight excluding hydrogens is 324 g/mol. The average Bonchev–Trinajstić information content (AvgIpc) is 2.77. The van der Waals surface area contributed by atoms with E-state index in [0.29, 0.717) is 6.04 Å². The van der Waals surface area contributed by atoms with Crippen molar-refractivity contribution in [3.05, 3.63) is 34.6 Å². The van der Waals surface area contributed by atoms with Crippen LogP contribution >= 0.6 is 27.7 Å². The minimum Gasteiger partial charge on any atom is -0.310 e. The lowest BCUT2D eigenvalue weighted by atomic mass is 10.1. The molecule has 1 N–H and O–H groups in total. The van der Waals surface area contributed by atoms with Gasteiger partial charge in [-0.25, -0.2) is 9.67 Å². The lowest BCUT2D eigenvalue weighted by Crippen LogP contribution is -2.18. The van der Waals surface area contributed by atoms with Crippen molar-refractivity contribution in [1.82, 2.24) is 20.1 Å². The Kier molecular flexibility index (Phi) is 5.01. The summed E-state index contributed by atoms with van der Waals surface area (Å²) in [5.74, 6) is 0. The molecule has 2 rings (SSSR count). The molecular formula is C13H17BrN4S. The van der Waals surface area contributed by atoms with Crippen molar-refractivity contribution < 1.29 is 0 Å². The molecule has 0 aliphatic heterocycles. The third kappa shape index (κ3) is 3.58. The van der Waals surface area contributed by atoms with E-state index in [9.17, 15) is 0 Å². The van der Waals surface area contributed by atoms with Crippen LogP contribution in [-0.4, -0.2) is 21.3 Å². The highest BCUT2D eigenvalue weighted by Gasteiger charge is 2.13. The Balaban J connectivity index is 2.31. The fourth-order valence-corrected chi connectivity index (χ4v) is 3.19. The van der Waals surface area contributed by atoms with Crippen molar-refractivity contribution in [2.24, 2.45) is 7.05 Å². The maximum Gasteiger partial charge on any atom is 0.190 e. The molecule has 1 aromatic carbocycles. The van der Waals surface area contributed by atoms with E-state index in [4.69, 9.17) is 0 Å². The summed E-state index contributed by atoms with van der Waals surface area (Å²) < 4.78 is 2.88. The summed E-state index contributed by atoms with van der Waals surface area (Å²) in [6.45, 7) is 5.23. The summed E-state index contributed by atoms with van der Waals surface area (Å²) in [5, 5.41) is 8.44. The number of hydrogen-bond acceptors (Lipinski definition) is 4. The van der Waals surface area contributed by atoms with Crippen molar-refractivity contribution in [3.63, 3.8) is 0 Å². The SMILES string of the molecule is CCNC(C)c1cc(Br)ccc1Sc1ncnn1C. The van der Waals surface area contributed by atoms with Crippen LogP contribution < -0.4 is 5.32 Å². The average molecular weight is 341 g/mol. The van der Waals surface area contributed by atoms with Gasteiger partial charge in [-0.1, -0.05) is 22.9 Å². The Morgan fingerprint density at radius 2 is 2.26 bits per heavy atom. The number of hydrogen-bond donors (Lipinski definition) is 1. The smallest absolute Gasteiger partial charge is 0.190 e. The molecule has 1 unspecified atom stereocenters. The van der Waals surface area contributed by atoms with Crippen molar-refractivity contribution >= 4 is 27.7 Å². The third-order valence-corrected chi connectivity index (χ3v) is 4.46. The first-order chi connectivity index (χ1) is 9.11. The topological polar surface area (TPSA) is 42.7 Å². The number of aryl methyl sites for hydroxylation is 1. The zero-order chi connectivity index (χ0) is 13.8. The van der Waals surface area contributed by atoms with E-state index in [0.717, 1.165) is 16.2 Å². The maximum absolute atomic E-state index is 4.26. The van der Waals surface area contributed by atoms with Gasteiger partial charge in [-0.2, -0.15) is 5.10 Å². The van der Waals surface area contributed by atoms with E-state index in [1.807, 2.05) is 7.05 Å². The summed E-state index contributed by atoms with van der Waals surface area (Å²) in [6.07, 6.45) is 1.58. The van der Waals surface area contributed by atoms with Gasteiger partial charge in [-0.05, 0) is 49.0 Å². The van der Waals surface area contributed by atoms with Crippen LogP contribution in [-0.2, 0) is 7.05 Å². The molecule has 1 aromatic heterocycles. The summed E-state index contributed by atoms with van der Waals surface area (Å²) in [5.41, 5.74) is 1.27. The highest BCUT2D eigenvalue weighted by molar-refractivity contribution is 9.10. The zero-order valence-electron chi connectivity index (χ0n) is 11.2. The zero-order valence-corrected chi connectivity index (χ0v) is 13.6. The molecule has 0 aliphatic rings. The first kappa shape index (κ1) is 14.6. The summed E-state index contributed by atoms with van der Waals surface area (Å²) in [4.78, 5) is 5.46. The van der Waals surface area contributed by atoms with Crippen LogP contribution in [0, 0.1) is 0 Å². The predicted octanol–water partition coefficient (Wildman–Crippen LogP) is 3.40. The van der Waals surface area contributed by atoms with Gasteiger partial charge in [0.15, 0.2) is 5.16 Å². The van der Waals surface area contributed by atoms with Crippen molar-refractivity contribution in [3.8, 4) is 0 Å². The van der Waals surface area contributed by atoms with Crippen LogP contribution in [0.5, 0.6) is 0 Å². The molecule has 0 saturated carbocycles. The predicted molar refractivity (Wildman–Crippen MR) is 81.4 cm³/mol. The van der Waals surface area contributed by atoms with Gasteiger partial charge in [0, 0.05) is 22.5 Å². The monoisotopic (exact) mass is 340 g/mol. The number of nitrogens with zero attached hydrogens (tertiary/aromatic N) is 3. The molecule has 0 aliphatic carbocycles. The lowest BCUT2D eigenvalue weighted by molar-refractivity contribution is 0.589. The first-order valence-corrected chi connectivity index (χ1v) is 7.77. The number of nitrogens with one attached hydrogen (secondary N) is 1. The largest absolute Gasteiger partial charge is 0.310 e. The summed E-state index contributed by atoms with van der Waals surface area (Å²) >= 11 is 5.18. The minimum absolute atomic E-state index is 0.304. The van der Waals surface area contributed by atoms with E-state index in [1.165, 1.54) is 10.5 Å². The molecule has 102 valence electrons. The molecule has 0 spiro atoms. The molecule has 1 heterocycles. The van der Waals surface area contributed by atoms with E-state index < -0.39 is 0 Å². The van der Waals surface area contributed by atoms with Crippen molar-refractivity contribution in [1.29, 1.82) is 0 Å². The molecule has 19 heavy (non-hydrogen) atoms. The molecule has 0 fully saturated rings. The fraction of sp³-hybridized carbons (Fsp3) is 0.385. The normalized spacial score (nSPS) is 12.6. The van der Waals surface area contributed by atoms with E-state index >= 15 is 0 Å². The number of halogens is 1. The van der Waals surface area contributed by atoms with Gasteiger partial charge in [-0.3, -0.25) is 0 Å². The Morgan fingerprint density at radius 1 is 1.47 bits per heavy atom. The van der Waals surface area contributed by atoms with E-state index in [1.54, 1.807) is 22.8 Å². The van der Waals surface area contributed by atoms with Gasteiger partial charge < -0.3 is 5.32 Å². The molecule has 6 heteroatoms. The second-order valence-electron chi connectivity index (χ2n) is 4.23. The van der Waals surface area contributed by atoms with E-state index in [2.05, 4.69) is 63.4 Å². The quantitative estimate of drug-likeness (QED) is 0.905. The highest BCUT2D eigenvalue weighted by atomic mass is 79.9. The molecule has 0 radical (unpaired) electrons. The second kappa shape index (κ2) is 6.54. The molecule has 2 aromatic rings. The Labute approximate surface area is 126 Å². The van der Waals surface area contributed by atoms with Crippen LogP contribution in [0.4, 0.5) is 0 Å². The number of aromatic nitrogens is 3. The van der Waals surface area contributed by atoms with Crippen LogP contribution in [0.3, 0.4) is 0 Å². The number of benzene rings is 1. The minimum atomic E-state index is 0.304. The van der Waals surface area contributed by atoms with Gasteiger partial charge in [-0.15, -0.1) is 0 Å². The Morgan fingerprint density at radius 3 is 2.89 bits per heavy atom. The first-order valence-electron chi connectivity index (χ1n) is 6.16. The Hall–Kier alpha value is -0.850. The fourth-order valence-electron chi connectivity index (χ4n) is 1.84. The van der Waals surface area contributed by atoms with Gasteiger partial charge >= 0.3 is 0 Å². The molecule has 0 saturated heterocycles. The molecule has 1 atom stereocenters. The van der Waals surface area contributed by atoms with Crippen molar-refractivity contribution in [2.45, 2.75) is 29.9 Å². The van der Waals surface area contributed by atoms with Gasteiger partial charge in [0.25, 0.3) is 0 Å². The van der Waals surface area contributed by atoms with Crippen LogP contribution in [0.1, 0.15) is 25.5 Å². The van der Waals surface area contributed by atoms with Crippen LogP contribution in [0.15, 0.2) is 39.1 Å². The second-order valence-corrected chi connectivity index (χ2v) is 6.15. The highest BCUT2D eigenvalue weighted by Crippen LogP contribution is 2.33. The molecule has 4 nitrogen and oxygen atoms in total. The summed E-state index contributed by atoms with van der Waals surface area (Å²) in [7, 11) is 1.90. The van der Waals surface area contributed by atoms with Gasteiger partial charge in [0.1, 0.15) is 6.33 Å². The molecule has 0 amide bonds. The Bertz CT molecular complexity index is 555. The third-order valence-electron chi connectivity index (χ3n) is 2.82. The number of rotatable bonds is 5. The maximum atomic E-state index is 4.26. The standard InChI is InChI=1S/C13H17BrN4S/c1-4-15-9(2)11-7-10(14)5-6-12(11)19-13-16-8-17-18(13)3/h5-9,15H,4H2,1-3H3. The van der Waals surface area contributed by atoms with Gasteiger partial charge in [0.05, 0.1) is 0 Å².